The summed E-state index contributed by atoms with van der Waals surface area (Å²) in [6.45, 7) is 0. The Morgan fingerprint density at radius 3 is 2.67 bits per heavy atom. The van der Waals surface area contributed by atoms with Gasteiger partial charge in [-0.3, -0.25) is 0 Å². The van der Waals surface area contributed by atoms with Crippen LogP contribution in [0.15, 0.2) is 52.9 Å². The molecule has 1 N–H and O–H groups in total. The van der Waals surface area contributed by atoms with Gasteiger partial charge in [-0.05, 0) is 30.3 Å². The molecule has 1 aromatic heterocycles. The normalized spacial score (nSPS) is 10.7. The van der Waals surface area contributed by atoms with Crippen LogP contribution in [0, 0.1) is 0 Å². The van der Waals surface area contributed by atoms with E-state index in [2.05, 4.69) is 0 Å². The van der Waals surface area contributed by atoms with Crippen molar-refractivity contribution in [1.82, 2.24) is 0 Å². The first-order chi connectivity index (χ1) is 8.78. The Morgan fingerprint density at radius 1 is 1.06 bits per heavy atom. The average Bonchev–Trinajstić information content (AvgIpc) is 2.82. The molecule has 2 aromatic carbocycles. The second-order valence-corrected chi connectivity index (χ2v) is 4.03. The van der Waals surface area contributed by atoms with E-state index in [0.29, 0.717) is 17.1 Å². The van der Waals surface area contributed by atoms with Crippen LogP contribution >= 0.6 is 0 Å². The molecule has 18 heavy (non-hydrogen) atoms. The van der Waals surface area contributed by atoms with Crippen LogP contribution < -0.4 is 4.74 Å². The fourth-order valence-corrected chi connectivity index (χ4v) is 1.95. The molecule has 3 nitrogen and oxygen atoms in total. The predicted octanol–water partition coefficient (Wildman–Crippen LogP) is 3.81. The first kappa shape index (κ1) is 10.7. The molecule has 0 bridgehead atoms. The molecule has 0 saturated heterocycles. The van der Waals surface area contributed by atoms with E-state index < -0.39 is 0 Å². The van der Waals surface area contributed by atoms with E-state index in [1.807, 2.05) is 30.3 Å². The van der Waals surface area contributed by atoms with Gasteiger partial charge in [-0.25, -0.2) is 0 Å². The molecule has 1 heterocycles. The summed E-state index contributed by atoms with van der Waals surface area (Å²) >= 11 is 0. The maximum atomic E-state index is 9.89. The summed E-state index contributed by atoms with van der Waals surface area (Å²) in [5.74, 6) is 1.49. The third-order valence-corrected chi connectivity index (χ3v) is 2.89. The van der Waals surface area contributed by atoms with E-state index in [0.717, 1.165) is 11.0 Å². The summed E-state index contributed by atoms with van der Waals surface area (Å²) in [4.78, 5) is 0. The van der Waals surface area contributed by atoms with Crippen molar-refractivity contribution in [1.29, 1.82) is 0 Å². The van der Waals surface area contributed by atoms with Gasteiger partial charge in [-0.1, -0.05) is 18.2 Å². The number of hydrogen-bond acceptors (Lipinski definition) is 3. The number of para-hydroxylation sites is 1. The Hall–Kier alpha value is -2.42. The fraction of sp³-hybridized carbons (Fsp3) is 0.0667. The number of hydrogen-bond donors (Lipinski definition) is 1. The Morgan fingerprint density at radius 2 is 1.89 bits per heavy atom. The van der Waals surface area contributed by atoms with Crippen LogP contribution in [-0.2, 0) is 0 Å². The van der Waals surface area contributed by atoms with E-state index in [4.69, 9.17) is 9.15 Å². The largest absolute Gasteiger partial charge is 0.507 e. The minimum Gasteiger partial charge on any atom is -0.507 e. The molecule has 0 atom stereocenters. The second-order valence-electron chi connectivity index (χ2n) is 4.03. The van der Waals surface area contributed by atoms with Gasteiger partial charge in [0.15, 0.2) is 0 Å². The van der Waals surface area contributed by atoms with Crippen LogP contribution in [-0.4, -0.2) is 12.2 Å². The maximum absolute atomic E-state index is 9.89. The molecule has 0 aliphatic heterocycles. The lowest BCUT2D eigenvalue weighted by Gasteiger charge is -2.04. The van der Waals surface area contributed by atoms with Gasteiger partial charge >= 0.3 is 0 Å². The van der Waals surface area contributed by atoms with E-state index in [1.165, 1.54) is 0 Å². The van der Waals surface area contributed by atoms with Gasteiger partial charge in [-0.15, -0.1) is 0 Å². The Labute approximate surface area is 104 Å². The molecule has 0 spiro atoms. The zero-order valence-electron chi connectivity index (χ0n) is 9.88. The highest BCUT2D eigenvalue weighted by molar-refractivity contribution is 5.84. The van der Waals surface area contributed by atoms with Gasteiger partial charge in [0.1, 0.15) is 22.8 Å². The minimum atomic E-state index is 0.176. The summed E-state index contributed by atoms with van der Waals surface area (Å²) in [7, 11) is 1.59. The zero-order chi connectivity index (χ0) is 12.5. The number of phenols is 1. The summed E-state index contributed by atoms with van der Waals surface area (Å²) in [6.07, 6.45) is 0. The lowest BCUT2D eigenvalue weighted by Crippen LogP contribution is -1.83. The molecular weight excluding hydrogens is 228 g/mol. The van der Waals surface area contributed by atoms with Gasteiger partial charge in [0, 0.05) is 5.39 Å². The highest BCUT2D eigenvalue weighted by Gasteiger charge is 2.11. The number of ether oxygens (including phenoxy) is 1. The van der Waals surface area contributed by atoms with Crippen LogP contribution in [0.4, 0.5) is 0 Å². The van der Waals surface area contributed by atoms with Crippen molar-refractivity contribution in [2.45, 2.75) is 0 Å². The number of benzene rings is 2. The molecule has 0 saturated carbocycles. The molecule has 90 valence electrons. The first-order valence-electron chi connectivity index (χ1n) is 5.64. The fourth-order valence-electron chi connectivity index (χ4n) is 1.95. The maximum Gasteiger partial charge on any atom is 0.139 e. The Balaban J connectivity index is 2.19. The van der Waals surface area contributed by atoms with Gasteiger partial charge in [-0.2, -0.15) is 0 Å². The highest BCUT2D eigenvalue weighted by atomic mass is 16.5. The Bertz CT molecular complexity index is 665. The van der Waals surface area contributed by atoms with Crippen molar-refractivity contribution >= 4 is 11.0 Å². The van der Waals surface area contributed by atoms with Crippen molar-refractivity contribution in [2.75, 3.05) is 7.11 Å². The number of aromatic hydroxyl groups is 1. The first-order valence-corrected chi connectivity index (χ1v) is 5.64. The van der Waals surface area contributed by atoms with Crippen molar-refractivity contribution < 1.29 is 14.3 Å². The molecule has 0 fully saturated rings. The van der Waals surface area contributed by atoms with Crippen LogP contribution in [0.3, 0.4) is 0 Å². The van der Waals surface area contributed by atoms with Crippen molar-refractivity contribution in [3.8, 4) is 22.8 Å². The van der Waals surface area contributed by atoms with Gasteiger partial charge < -0.3 is 14.3 Å². The van der Waals surface area contributed by atoms with Gasteiger partial charge in [0.25, 0.3) is 0 Å². The molecule has 0 aliphatic rings. The molecule has 0 amide bonds. The van der Waals surface area contributed by atoms with E-state index in [1.54, 1.807) is 25.3 Å². The number of methoxy groups -OCH3 is 1. The summed E-state index contributed by atoms with van der Waals surface area (Å²) in [5, 5.41) is 10.9. The molecule has 0 radical (unpaired) electrons. The van der Waals surface area contributed by atoms with Crippen molar-refractivity contribution in [3.05, 3.63) is 48.5 Å². The van der Waals surface area contributed by atoms with Crippen LogP contribution in [0.1, 0.15) is 0 Å². The van der Waals surface area contributed by atoms with Crippen LogP contribution in [0.25, 0.3) is 22.3 Å². The number of fused-ring (bicyclic) bond motifs is 1. The monoisotopic (exact) mass is 240 g/mol. The quantitative estimate of drug-likeness (QED) is 0.740. The smallest absolute Gasteiger partial charge is 0.139 e. The SMILES string of the molecule is COc1ccc(O)c(-c2cc3ccccc3o2)c1. The van der Waals surface area contributed by atoms with Crippen molar-refractivity contribution in [2.24, 2.45) is 0 Å². The minimum absolute atomic E-state index is 0.176. The second kappa shape index (κ2) is 4.11. The third kappa shape index (κ3) is 1.70. The molecular formula is C15H12O3. The van der Waals surface area contributed by atoms with E-state index in [-0.39, 0.29) is 5.75 Å². The predicted molar refractivity (Wildman–Crippen MR) is 69.9 cm³/mol. The topological polar surface area (TPSA) is 42.6 Å². The average molecular weight is 240 g/mol. The molecule has 3 aromatic rings. The van der Waals surface area contributed by atoms with Crippen molar-refractivity contribution in [3.63, 3.8) is 0 Å². The highest BCUT2D eigenvalue weighted by Crippen LogP contribution is 2.35. The summed E-state index contributed by atoms with van der Waals surface area (Å²) < 4.78 is 10.9. The summed E-state index contributed by atoms with van der Waals surface area (Å²) in [5.41, 5.74) is 1.43. The van der Waals surface area contributed by atoms with Crippen LogP contribution in [0.5, 0.6) is 11.5 Å². The van der Waals surface area contributed by atoms with Gasteiger partial charge in [0.05, 0.1) is 12.7 Å². The summed E-state index contributed by atoms with van der Waals surface area (Å²) in [6, 6.07) is 14.7. The lowest BCUT2D eigenvalue weighted by atomic mass is 10.1. The van der Waals surface area contributed by atoms with Crippen LogP contribution in [0.2, 0.25) is 0 Å². The molecule has 0 aliphatic carbocycles. The Kier molecular flexibility index (Phi) is 2.45. The molecule has 0 unspecified atom stereocenters. The zero-order valence-corrected chi connectivity index (χ0v) is 9.88. The molecule has 3 rings (SSSR count). The standard InChI is InChI=1S/C15H12O3/c1-17-11-6-7-13(16)12(9-11)15-8-10-4-2-3-5-14(10)18-15/h2-9,16H,1H3. The van der Waals surface area contributed by atoms with E-state index >= 15 is 0 Å². The number of furan rings is 1. The molecule has 3 heteroatoms. The number of rotatable bonds is 2. The van der Waals surface area contributed by atoms with Gasteiger partial charge in [0.2, 0.25) is 0 Å². The van der Waals surface area contributed by atoms with E-state index in [9.17, 15) is 5.11 Å². The number of phenolic OH excluding ortho intramolecular Hbond substituents is 1. The third-order valence-electron chi connectivity index (χ3n) is 2.89. The lowest BCUT2D eigenvalue weighted by molar-refractivity contribution is 0.412.